The van der Waals surface area contributed by atoms with Gasteiger partial charge in [0.05, 0.1) is 9.82 Å². The lowest BCUT2D eigenvalue weighted by Gasteiger charge is -2.28. The molecule has 0 aliphatic rings. The van der Waals surface area contributed by atoms with E-state index in [2.05, 4.69) is 0 Å². The van der Waals surface area contributed by atoms with Crippen LogP contribution in [0.1, 0.15) is 19.4 Å². The lowest BCUT2D eigenvalue weighted by molar-refractivity contribution is -0.385. The third-order valence-electron chi connectivity index (χ3n) is 3.27. The molecule has 0 atom stereocenters. The second-order valence-corrected chi connectivity index (χ2v) is 7.85. The van der Waals surface area contributed by atoms with Crippen LogP contribution < -0.4 is 5.73 Å². The van der Waals surface area contributed by atoms with E-state index in [1.807, 2.05) is 13.8 Å². The molecule has 0 saturated heterocycles. The van der Waals surface area contributed by atoms with Gasteiger partial charge in [-0.25, -0.2) is 12.7 Å². The molecule has 1 rings (SSSR count). The molecule has 0 heterocycles. The van der Waals surface area contributed by atoms with Crippen LogP contribution in [0.3, 0.4) is 0 Å². The zero-order valence-electron chi connectivity index (χ0n) is 12.7. The Morgan fingerprint density at radius 1 is 1.38 bits per heavy atom. The van der Waals surface area contributed by atoms with E-state index < -0.39 is 14.9 Å². The van der Waals surface area contributed by atoms with Crippen LogP contribution in [0.15, 0.2) is 23.1 Å². The quantitative estimate of drug-likeness (QED) is 0.632. The molecule has 0 unspecified atom stereocenters. The van der Waals surface area contributed by atoms with Crippen molar-refractivity contribution < 1.29 is 13.3 Å². The van der Waals surface area contributed by atoms with Crippen molar-refractivity contribution in [1.82, 2.24) is 4.31 Å². The van der Waals surface area contributed by atoms with E-state index in [0.717, 1.165) is 6.07 Å². The minimum Gasteiger partial charge on any atom is -0.330 e. The Labute approximate surface area is 124 Å². The van der Waals surface area contributed by atoms with E-state index in [-0.39, 0.29) is 22.5 Å². The van der Waals surface area contributed by atoms with Crippen LogP contribution in [0.5, 0.6) is 0 Å². The molecule has 7 nitrogen and oxygen atoms in total. The molecule has 0 fully saturated rings. The highest BCUT2D eigenvalue weighted by Crippen LogP contribution is 2.26. The van der Waals surface area contributed by atoms with Crippen molar-refractivity contribution in [2.45, 2.75) is 25.7 Å². The van der Waals surface area contributed by atoms with E-state index >= 15 is 0 Å². The summed E-state index contributed by atoms with van der Waals surface area (Å²) in [5, 5.41) is 10.8. The van der Waals surface area contributed by atoms with Crippen LogP contribution in [-0.2, 0) is 10.0 Å². The summed E-state index contributed by atoms with van der Waals surface area (Å²) in [5.41, 5.74) is 5.47. The Morgan fingerprint density at radius 3 is 2.43 bits per heavy atom. The number of nitro groups is 1. The smallest absolute Gasteiger partial charge is 0.270 e. The molecule has 21 heavy (non-hydrogen) atoms. The van der Waals surface area contributed by atoms with E-state index in [9.17, 15) is 18.5 Å². The van der Waals surface area contributed by atoms with Gasteiger partial charge in [-0.15, -0.1) is 0 Å². The molecule has 8 heteroatoms. The summed E-state index contributed by atoms with van der Waals surface area (Å²) in [5.74, 6) is 0. The molecule has 0 saturated carbocycles. The van der Waals surface area contributed by atoms with Crippen molar-refractivity contribution in [3.05, 3.63) is 33.9 Å². The maximum atomic E-state index is 12.6. The van der Waals surface area contributed by atoms with Gasteiger partial charge in [-0.3, -0.25) is 10.1 Å². The molecule has 0 radical (unpaired) electrons. The largest absolute Gasteiger partial charge is 0.330 e. The summed E-state index contributed by atoms with van der Waals surface area (Å²) in [4.78, 5) is 10.2. The number of hydrogen-bond donors (Lipinski definition) is 1. The first-order valence-corrected chi connectivity index (χ1v) is 7.87. The number of sulfonamides is 1. The Bertz CT molecular complexity index is 641. The lowest BCUT2D eigenvalue weighted by Crippen LogP contribution is -2.39. The highest BCUT2D eigenvalue weighted by atomic mass is 32.2. The van der Waals surface area contributed by atoms with E-state index in [1.54, 1.807) is 6.92 Å². The first kappa shape index (κ1) is 17.5. The van der Waals surface area contributed by atoms with Gasteiger partial charge in [-0.1, -0.05) is 19.9 Å². The number of benzene rings is 1. The summed E-state index contributed by atoms with van der Waals surface area (Å²) in [6, 6.07) is 3.82. The van der Waals surface area contributed by atoms with Crippen LogP contribution in [-0.4, -0.2) is 37.8 Å². The van der Waals surface area contributed by atoms with Crippen LogP contribution in [0.25, 0.3) is 0 Å². The molecule has 0 amide bonds. The van der Waals surface area contributed by atoms with Crippen molar-refractivity contribution >= 4 is 15.7 Å². The van der Waals surface area contributed by atoms with Crippen molar-refractivity contribution in [2.24, 2.45) is 11.1 Å². The first-order valence-electron chi connectivity index (χ1n) is 6.43. The average Bonchev–Trinajstić information content (AvgIpc) is 2.38. The highest BCUT2D eigenvalue weighted by Gasteiger charge is 2.29. The minimum absolute atomic E-state index is 0.0491. The van der Waals surface area contributed by atoms with Crippen molar-refractivity contribution in [3.63, 3.8) is 0 Å². The number of nitrogens with zero attached hydrogens (tertiary/aromatic N) is 2. The van der Waals surface area contributed by atoms with E-state index in [4.69, 9.17) is 5.73 Å². The predicted octanol–water partition coefficient (Wildman–Crippen LogP) is 1.51. The SMILES string of the molecule is Cc1ccc([N+](=O)[O-])cc1S(=O)(=O)N(C)CC(C)(C)CN. The molecule has 2 N–H and O–H groups in total. The fourth-order valence-corrected chi connectivity index (χ4v) is 3.50. The molecule has 0 bridgehead atoms. The molecular weight excluding hydrogens is 294 g/mol. The van der Waals surface area contributed by atoms with Gasteiger partial charge in [0.25, 0.3) is 5.69 Å². The van der Waals surface area contributed by atoms with Gasteiger partial charge in [0, 0.05) is 25.7 Å². The Hall–Kier alpha value is -1.51. The predicted molar refractivity (Wildman–Crippen MR) is 80.5 cm³/mol. The molecule has 0 aromatic heterocycles. The average molecular weight is 315 g/mol. The van der Waals surface area contributed by atoms with Crippen molar-refractivity contribution in [2.75, 3.05) is 20.1 Å². The van der Waals surface area contributed by atoms with Gasteiger partial charge in [0.15, 0.2) is 0 Å². The zero-order valence-corrected chi connectivity index (χ0v) is 13.5. The van der Waals surface area contributed by atoms with E-state index in [0.29, 0.717) is 12.1 Å². The summed E-state index contributed by atoms with van der Waals surface area (Å²) < 4.78 is 26.4. The molecule has 118 valence electrons. The zero-order chi connectivity index (χ0) is 16.4. The molecule has 0 aliphatic heterocycles. The molecule has 1 aromatic rings. The van der Waals surface area contributed by atoms with E-state index in [1.165, 1.54) is 23.5 Å². The normalized spacial score (nSPS) is 12.7. The van der Waals surface area contributed by atoms with Gasteiger partial charge in [0.2, 0.25) is 10.0 Å². The Balaban J connectivity index is 3.24. The van der Waals surface area contributed by atoms with Gasteiger partial charge < -0.3 is 5.73 Å². The van der Waals surface area contributed by atoms with Crippen LogP contribution >= 0.6 is 0 Å². The third kappa shape index (κ3) is 3.99. The topological polar surface area (TPSA) is 107 Å². The standard InChI is InChI=1S/C13H21N3O4S/c1-10-5-6-11(16(17)18)7-12(10)21(19,20)15(4)9-13(2,3)8-14/h5-7H,8-9,14H2,1-4H3. The van der Waals surface area contributed by atoms with Crippen molar-refractivity contribution in [3.8, 4) is 0 Å². The second kappa shape index (κ2) is 6.08. The summed E-state index contributed by atoms with van der Waals surface area (Å²) in [6.07, 6.45) is 0. The fourth-order valence-electron chi connectivity index (χ4n) is 1.90. The third-order valence-corrected chi connectivity index (χ3v) is 5.22. The molecule has 0 spiro atoms. The Kier molecular flexibility index (Phi) is 5.08. The first-order chi connectivity index (χ1) is 9.51. The lowest BCUT2D eigenvalue weighted by atomic mass is 9.94. The minimum atomic E-state index is -3.80. The second-order valence-electron chi connectivity index (χ2n) is 5.84. The molecule has 1 aromatic carbocycles. The number of non-ortho nitro benzene ring substituents is 1. The summed E-state index contributed by atoms with van der Waals surface area (Å²) >= 11 is 0. The van der Waals surface area contributed by atoms with Gasteiger partial charge in [-0.2, -0.15) is 0 Å². The Morgan fingerprint density at radius 2 is 1.95 bits per heavy atom. The molecular formula is C13H21N3O4S. The van der Waals surface area contributed by atoms with Crippen LogP contribution in [0.4, 0.5) is 5.69 Å². The summed E-state index contributed by atoms with van der Waals surface area (Å²) in [7, 11) is -2.35. The number of rotatable bonds is 6. The summed E-state index contributed by atoms with van der Waals surface area (Å²) in [6.45, 7) is 5.89. The van der Waals surface area contributed by atoms with Crippen LogP contribution in [0, 0.1) is 22.5 Å². The number of nitro benzene ring substituents is 1. The number of hydrogen-bond acceptors (Lipinski definition) is 5. The van der Waals surface area contributed by atoms with Gasteiger partial charge in [0.1, 0.15) is 0 Å². The van der Waals surface area contributed by atoms with Gasteiger partial charge >= 0.3 is 0 Å². The fraction of sp³-hybridized carbons (Fsp3) is 0.538. The molecule has 0 aliphatic carbocycles. The number of aryl methyl sites for hydroxylation is 1. The maximum Gasteiger partial charge on any atom is 0.270 e. The highest BCUT2D eigenvalue weighted by molar-refractivity contribution is 7.89. The van der Waals surface area contributed by atoms with Gasteiger partial charge in [-0.05, 0) is 24.4 Å². The number of nitrogens with two attached hydrogens (primary N) is 1. The monoisotopic (exact) mass is 315 g/mol. The van der Waals surface area contributed by atoms with Crippen LogP contribution in [0.2, 0.25) is 0 Å². The maximum absolute atomic E-state index is 12.6. The van der Waals surface area contributed by atoms with Crippen molar-refractivity contribution in [1.29, 1.82) is 0 Å².